The monoisotopic (exact) mass is 349 g/mol. The van der Waals surface area contributed by atoms with Gasteiger partial charge in [-0.25, -0.2) is 0 Å². The summed E-state index contributed by atoms with van der Waals surface area (Å²) in [5, 5.41) is 6.52. The second kappa shape index (κ2) is 7.99. The van der Waals surface area contributed by atoms with Crippen molar-refractivity contribution in [3.63, 3.8) is 0 Å². The van der Waals surface area contributed by atoms with Gasteiger partial charge in [0.15, 0.2) is 0 Å². The molecule has 2 saturated heterocycles. The highest BCUT2D eigenvalue weighted by Gasteiger charge is 2.35. The van der Waals surface area contributed by atoms with Crippen molar-refractivity contribution in [1.82, 2.24) is 15.5 Å². The van der Waals surface area contributed by atoms with Crippen LogP contribution in [-0.4, -0.2) is 48.4 Å². The molecule has 130 valence electrons. The van der Waals surface area contributed by atoms with Crippen molar-refractivity contribution in [3.8, 4) is 0 Å². The molecule has 0 bridgehead atoms. The number of hydrogen-bond donors (Lipinski definition) is 2. The van der Waals surface area contributed by atoms with Crippen LogP contribution < -0.4 is 10.6 Å². The first-order valence-electron chi connectivity index (χ1n) is 8.70. The molecule has 0 saturated carbocycles. The molecule has 0 unspecified atom stereocenters. The van der Waals surface area contributed by atoms with E-state index in [9.17, 15) is 9.59 Å². The number of nitrogens with one attached hydrogen (secondary N) is 2. The van der Waals surface area contributed by atoms with Crippen molar-refractivity contribution in [3.05, 3.63) is 34.9 Å². The fourth-order valence-corrected chi connectivity index (χ4v) is 3.81. The van der Waals surface area contributed by atoms with E-state index in [4.69, 9.17) is 11.6 Å². The number of halogens is 1. The summed E-state index contributed by atoms with van der Waals surface area (Å²) in [6, 6.07) is 7.48. The lowest BCUT2D eigenvalue weighted by Gasteiger charge is -2.32. The Morgan fingerprint density at radius 2 is 1.92 bits per heavy atom. The third-order valence-corrected chi connectivity index (χ3v) is 5.20. The minimum atomic E-state index is -0.182. The van der Waals surface area contributed by atoms with Gasteiger partial charge in [-0.3, -0.25) is 14.5 Å². The second-order valence-corrected chi connectivity index (χ2v) is 7.01. The first-order valence-corrected chi connectivity index (χ1v) is 9.08. The summed E-state index contributed by atoms with van der Waals surface area (Å²) in [6.07, 6.45) is 5.05. The number of rotatable bonds is 5. The van der Waals surface area contributed by atoms with Gasteiger partial charge >= 0.3 is 0 Å². The van der Waals surface area contributed by atoms with Crippen molar-refractivity contribution < 1.29 is 9.59 Å². The zero-order chi connectivity index (χ0) is 16.9. The molecule has 6 heteroatoms. The molecule has 24 heavy (non-hydrogen) atoms. The summed E-state index contributed by atoms with van der Waals surface area (Å²) in [6.45, 7) is 2.59. The second-order valence-electron chi connectivity index (χ2n) is 6.57. The number of hydrogen-bond acceptors (Lipinski definition) is 3. The Bertz CT molecular complexity index is 590. The van der Waals surface area contributed by atoms with E-state index in [0.717, 1.165) is 19.5 Å². The Kier molecular flexibility index (Phi) is 5.74. The predicted molar refractivity (Wildman–Crippen MR) is 94.2 cm³/mol. The molecule has 3 rings (SSSR count). The number of nitrogens with zero attached hydrogens (tertiary/aromatic N) is 1. The van der Waals surface area contributed by atoms with Gasteiger partial charge < -0.3 is 10.6 Å². The summed E-state index contributed by atoms with van der Waals surface area (Å²) in [5.41, 5.74) is 0.549. The minimum Gasteiger partial charge on any atom is -0.352 e. The Morgan fingerprint density at radius 3 is 2.71 bits per heavy atom. The van der Waals surface area contributed by atoms with Crippen molar-refractivity contribution in [1.29, 1.82) is 0 Å². The number of fused-ring (bicyclic) bond motifs is 1. The zero-order valence-corrected chi connectivity index (χ0v) is 14.5. The van der Waals surface area contributed by atoms with E-state index in [0.29, 0.717) is 29.6 Å². The highest BCUT2D eigenvalue weighted by Crippen LogP contribution is 2.27. The summed E-state index contributed by atoms with van der Waals surface area (Å²) in [5.74, 6) is -0.164. The van der Waals surface area contributed by atoms with Crippen LogP contribution in [0.3, 0.4) is 0 Å². The fraction of sp³-hybridized carbons (Fsp3) is 0.556. The molecule has 2 fully saturated rings. The molecule has 2 N–H and O–H groups in total. The van der Waals surface area contributed by atoms with Crippen LogP contribution in [0.25, 0.3) is 0 Å². The molecule has 2 amide bonds. The lowest BCUT2D eigenvalue weighted by Crippen LogP contribution is -2.47. The molecule has 2 atom stereocenters. The molecular weight excluding hydrogens is 326 g/mol. The lowest BCUT2D eigenvalue weighted by atomic mass is 9.99. The first-order chi connectivity index (χ1) is 11.6. The molecular formula is C18H24ClN3O2. The van der Waals surface area contributed by atoms with Crippen molar-refractivity contribution in [2.75, 3.05) is 19.6 Å². The molecule has 0 radical (unpaired) electrons. The van der Waals surface area contributed by atoms with Crippen LogP contribution in [0.15, 0.2) is 24.3 Å². The molecule has 1 aromatic rings. The SMILES string of the molecule is O=C(CCNC(=O)c1ccc(Cl)cc1)N[C@H]1CCN2CCCC[C@H]12. The maximum Gasteiger partial charge on any atom is 0.251 e. The number of carbonyl (C=O) groups excluding carboxylic acids is 2. The van der Waals surface area contributed by atoms with E-state index in [1.54, 1.807) is 24.3 Å². The smallest absolute Gasteiger partial charge is 0.251 e. The van der Waals surface area contributed by atoms with Gasteiger partial charge in [-0.15, -0.1) is 0 Å². The Balaban J connectivity index is 1.39. The van der Waals surface area contributed by atoms with Gasteiger partial charge in [0.1, 0.15) is 0 Å². The van der Waals surface area contributed by atoms with Gasteiger partial charge in [-0.1, -0.05) is 18.0 Å². The molecule has 0 spiro atoms. The van der Waals surface area contributed by atoms with Gasteiger partial charge in [-0.2, -0.15) is 0 Å². The molecule has 0 aliphatic carbocycles. The van der Waals surface area contributed by atoms with E-state index in [1.807, 2.05) is 0 Å². The molecule has 5 nitrogen and oxygen atoms in total. The van der Waals surface area contributed by atoms with Crippen molar-refractivity contribution >= 4 is 23.4 Å². The largest absolute Gasteiger partial charge is 0.352 e. The maximum atomic E-state index is 12.1. The predicted octanol–water partition coefficient (Wildman–Crippen LogP) is 2.20. The number of carbonyl (C=O) groups is 2. The highest BCUT2D eigenvalue weighted by molar-refractivity contribution is 6.30. The van der Waals surface area contributed by atoms with E-state index < -0.39 is 0 Å². The number of amides is 2. The topological polar surface area (TPSA) is 61.4 Å². The fourth-order valence-electron chi connectivity index (χ4n) is 3.69. The van der Waals surface area contributed by atoms with Crippen LogP contribution in [0.2, 0.25) is 5.02 Å². The number of benzene rings is 1. The van der Waals surface area contributed by atoms with Crippen LogP contribution in [0.5, 0.6) is 0 Å². The van der Waals surface area contributed by atoms with Gasteiger partial charge in [0, 0.05) is 42.2 Å². The highest BCUT2D eigenvalue weighted by atomic mass is 35.5. The van der Waals surface area contributed by atoms with Crippen molar-refractivity contribution in [2.24, 2.45) is 0 Å². The van der Waals surface area contributed by atoms with E-state index in [2.05, 4.69) is 15.5 Å². The molecule has 2 heterocycles. The van der Waals surface area contributed by atoms with Crippen LogP contribution in [0, 0.1) is 0 Å². The van der Waals surface area contributed by atoms with Crippen LogP contribution >= 0.6 is 11.6 Å². The summed E-state index contributed by atoms with van der Waals surface area (Å²) in [4.78, 5) is 26.6. The van der Waals surface area contributed by atoms with Crippen LogP contribution in [-0.2, 0) is 4.79 Å². The van der Waals surface area contributed by atoms with Gasteiger partial charge in [-0.05, 0) is 50.1 Å². The lowest BCUT2D eigenvalue weighted by molar-refractivity contribution is -0.121. The van der Waals surface area contributed by atoms with E-state index in [1.165, 1.54) is 19.3 Å². The third kappa shape index (κ3) is 4.28. The van der Waals surface area contributed by atoms with Gasteiger partial charge in [0.25, 0.3) is 5.91 Å². The van der Waals surface area contributed by atoms with Crippen molar-refractivity contribution in [2.45, 2.75) is 44.2 Å². The Morgan fingerprint density at radius 1 is 1.12 bits per heavy atom. The molecule has 2 aliphatic heterocycles. The summed E-state index contributed by atoms with van der Waals surface area (Å²) in [7, 11) is 0. The molecule has 2 aliphatic rings. The maximum absolute atomic E-state index is 12.1. The number of piperidine rings is 1. The van der Waals surface area contributed by atoms with Crippen LogP contribution in [0.1, 0.15) is 42.5 Å². The third-order valence-electron chi connectivity index (χ3n) is 4.95. The van der Waals surface area contributed by atoms with Gasteiger partial charge in [0.05, 0.1) is 0 Å². The first kappa shape index (κ1) is 17.2. The van der Waals surface area contributed by atoms with E-state index >= 15 is 0 Å². The average Bonchev–Trinajstić information content (AvgIpc) is 2.98. The normalized spacial score (nSPS) is 23.5. The zero-order valence-electron chi connectivity index (χ0n) is 13.8. The summed E-state index contributed by atoms with van der Waals surface area (Å²) < 4.78 is 0. The average molecular weight is 350 g/mol. The molecule has 0 aromatic heterocycles. The van der Waals surface area contributed by atoms with Gasteiger partial charge in [0.2, 0.25) is 5.91 Å². The van der Waals surface area contributed by atoms with Crippen LogP contribution in [0.4, 0.5) is 0 Å². The Labute approximate surface area is 147 Å². The minimum absolute atomic E-state index is 0.0174. The quantitative estimate of drug-likeness (QED) is 0.856. The molecule has 1 aromatic carbocycles. The Hall–Kier alpha value is -1.59. The standard InChI is InChI=1S/C18H24ClN3O2/c19-14-6-4-13(5-7-14)18(24)20-10-8-17(23)21-15-9-12-22-11-2-1-3-16(15)22/h4-7,15-16H,1-3,8-12H2,(H,20,24)(H,21,23)/t15-,16+/m0/s1. The summed E-state index contributed by atoms with van der Waals surface area (Å²) >= 11 is 5.80. The van der Waals surface area contributed by atoms with E-state index in [-0.39, 0.29) is 17.9 Å².